The van der Waals surface area contributed by atoms with E-state index in [2.05, 4.69) is 36.1 Å². The van der Waals surface area contributed by atoms with Crippen LogP contribution in [0.4, 0.5) is 10.5 Å². The number of hydrogen-bond acceptors (Lipinski definition) is 3. The minimum Gasteiger partial charge on any atom is -0.444 e. The number of nitrogens with zero attached hydrogens (tertiary/aromatic N) is 2. The number of piperidine rings is 1. The lowest BCUT2D eigenvalue weighted by molar-refractivity contribution is -0.0379. The van der Waals surface area contributed by atoms with Gasteiger partial charge in [-0.1, -0.05) is 12.1 Å². The average Bonchev–Trinajstić information content (AvgIpc) is 2.36. The molecule has 0 radical (unpaired) electrons. The summed E-state index contributed by atoms with van der Waals surface area (Å²) in [6.07, 6.45) is 0.939. The summed E-state index contributed by atoms with van der Waals surface area (Å²) in [5.41, 5.74) is 2.11. The van der Waals surface area contributed by atoms with Gasteiger partial charge in [0.15, 0.2) is 0 Å². The number of rotatable bonds is 1. The molecule has 3 fully saturated rings. The lowest BCUT2D eigenvalue weighted by Gasteiger charge is -2.56. The van der Waals surface area contributed by atoms with Crippen molar-refractivity contribution in [2.75, 3.05) is 18.0 Å². The molecule has 4 nitrogen and oxygen atoms in total. The van der Waals surface area contributed by atoms with Crippen LogP contribution in [0.25, 0.3) is 0 Å². The van der Waals surface area contributed by atoms with Crippen molar-refractivity contribution < 1.29 is 9.53 Å². The van der Waals surface area contributed by atoms with E-state index in [0.29, 0.717) is 12.1 Å². The molecular formula is C17H24N2O2. The predicted octanol–water partition coefficient (Wildman–Crippen LogP) is 3.19. The summed E-state index contributed by atoms with van der Waals surface area (Å²) < 4.78 is 5.51. The lowest BCUT2D eigenvalue weighted by atomic mass is 9.87. The van der Waals surface area contributed by atoms with Crippen molar-refractivity contribution in [1.29, 1.82) is 0 Å². The van der Waals surface area contributed by atoms with Crippen LogP contribution in [0, 0.1) is 6.92 Å². The van der Waals surface area contributed by atoms with Crippen LogP contribution in [0.15, 0.2) is 24.3 Å². The van der Waals surface area contributed by atoms with Gasteiger partial charge in [-0.25, -0.2) is 4.79 Å². The normalized spacial score (nSPS) is 24.6. The first-order valence-electron chi connectivity index (χ1n) is 7.66. The first kappa shape index (κ1) is 14.2. The third kappa shape index (κ3) is 2.85. The summed E-state index contributed by atoms with van der Waals surface area (Å²) in [6.45, 7) is 9.66. The van der Waals surface area contributed by atoms with Crippen LogP contribution in [0.1, 0.15) is 32.8 Å². The summed E-state index contributed by atoms with van der Waals surface area (Å²) >= 11 is 0. The SMILES string of the molecule is Cc1cccc(N2CC3CC(C2)N3C(=O)OC(C)(C)C)c1. The Morgan fingerprint density at radius 3 is 2.48 bits per heavy atom. The number of carbonyl (C=O) groups is 1. The maximum atomic E-state index is 12.2. The van der Waals surface area contributed by atoms with E-state index in [9.17, 15) is 4.79 Å². The molecule has 1 aromatic rings. The number of ether oxygens (including phenoxy) is 1. The molecule has 0 spiro atoms. The predicted molar refractivity (Wildman–Crippen MR) is 83.7 cm³/mol. The highest BCUT2D eigenvalue weighted by atomic mass is 16.6. The largest absolute Gasteiger partial charge is 0.444 e. The van der Waals surface area contributed by atoms with Crippen molar-refractivity contribution in [3.8, 4) is 0 Å². The van der Waals surface area contributed by atoms with Crippen molar-refractivity contribution in [2.24, 2.45) is 0 Å². The number of piperazine rings is 1. The Balaban J connectivity index is 1.66. The zero-order valence-corrected chi connectivity index (χ0v) is 13.3. The molecule has 2 unspecified atom stereocenters. The molecule has 1 amide bonds. The third-order valence-corrected chi connectivity index (χ3v) is 4.16. The molecule has 0 N–H and O–H groups in total. The highest BCUT2D eigenvalue weighted by molar-refractivity contribution is 5.71. The fourth-order valence-corrected chi connectivity index (χ4v) is 3.26. The Morgan fingerprint density at radius 1 is 1.24 bits per heavy atom. The molecule has 2 bridgehead atoms. The molecule has 0 saturated carbocycles. The van der Waals surface area contributed by atoms with E-state index >= 15 is 0 Å². The molecule has 0 aromatic heterocycles. The first-order chi connectivity index (χ1) is 9.83. The first-order valence-corrected chi connectivity index (χ1v) is 7.66. The maximum absolute atomic E-state index is 12.2. The fourth-order valence-electron chi connectivity index (χ4n) is 3.26. The number of fused-ring (bicyclic) bond motifs is 2. The molecule has 114 valence electrons. The van der Waals surface area contributed by atoms with Crippen LogP contribution in [-0.2, 0) is 4.74 Å². The topological polar surface area (TPSA) is 32.8 Å². The summed E-state index contributed by atoms with van der Waals surface area (Å²) in [5.74, 6) is 0. The smallest absolute Gasteiger partial charge is 0.410 e. The molecule has 3 saturated heterocycles. The Bertz CT molecular complexity index is 538. The number of aryl methyl sites for hydroxylation is 1. The molecule has 4 heteroatoms. The van der Waals surface area contributed by atoms with Gasteiger partial charge in [0.25, 0.3) is 0 Å². The molecule has 21 heavy (non-hydrogen) atoms. The van der Waals surface area contributed by atoms with Gasteiger partial charge < -0.3 is 9.64 Å². The Labute approximate surface area is 126 Å². The second-order valence-corrected chi connectivity index (χ2v) is 7.17. The van der Waals surface area contributed by atoms with E-state index in [1.165, 1.54) is 11.3 Å². The highest BCUT2D eigenvalue weighted by Crippen LogP contribution is 2.35. The second-order valence-electron chi connectivity index (χ2n) is 7.17. The van der Waals surface area contributed by atoms with Crippen molar-refractivity contribution >= 4 is 11.8 Å². The van der Waals surface area contributed by atoms with E-state index in [-0.39, 0.29) is 6.09 Å². The van der Waals surface area contributed by atoms with Crippen LogP contribution >= 0.6 is 0 Å². The summed E-state index contributed by atoms with van der Waals surface area (Å²) in [7, 11) is 0. The number of carbonyl (C=O) groups excluding carboxylic acids is 1. The molecule has 2 atom stereocenters. The minimum absolute atomic E-state index is 0.160. The Hall–Kier alpha value is -1.71. The van der Waals surface area contributed by atoms with Gasteiger partial charge in [0.1, 0.15) is 5.60 Å². The fraction of sp³-hybridized carbons (Fsp3) is 0.588. The quantitative estimate of drug-likeness (QED) is 0.795. The van der Waals surface area contributed by atoms with Crippen molar-refractivity contribution in [3.63, 3.8) is 0 Å². The average molecular weight is 288 g/mol. The molecule has 3 aliphatic rings. The Morgan fingerprint density at radius 2 is 1.90 bits per heavy atom. The van der Waals surface area contributed by atoms with Crippen LogP contribution in [0.3, 0.4) is 0 Å². The molecular weight excluding hydrogens is 264 g/mol. The van der Waals surface area contributed by atoms with Gasteiger partial charge in [-0.15, -0.1) is 0 Å². The van der Waals surface area contributed by atoms with Crippen LogP contribution in [0.5, 0.6) is 0 Å². The van der Waals surface area contributed by atoms with Gasteiger partial charge in [-0.2, -0.15) is 0 Å². The lowest BCUT2D eigenvalue weighted by Crippen LogP contribution is -2.70. The zero-order valence-electron chi connectivity index (χ0n) is 13.3. The third-order valence-electron chi connectivity index (χ3n) is 4.16. The monoisotopic (exact) mass is 288 g/mol. The van der Waals surface area contributed by atoms with Gasteiger partial charge in [0.2, 0.25) is 0 Å². The molecule has 4 rings (SSSR count). The van der Waals surface area contributed by atoms with Crippen LogP contribution in [0.2, 0.25) is 0 Å². The van der Waals surface area contributed by atoms with Crippen molar-refractivity contribution in [1.82, 2.24) is 4.90 Å². The van der Waals surface area contributed by atoms with Gasteiger partial charge >= 0.3 is 6.09 Å². The molecule has 3 heterocycles. The van der Waals surface area contributed by atoms with Gasteiger partial charge in [-0.05, 0) is 51.8 Å². The van der Waals surface area contributed by atoms with E-state index in [4.69, 9.17) is 4.74 Å². The highest BCUT2D eigenvalue weighted by Gasteiger charge is 2.48. The number of anilines is 1. The van der Waals surface area contributed by atoms with Gasteiger partial charge in [0.05, 0.1) is 12.1 Å². The number of hydrogen-bond donors (Lipinski definition) is 0. The Kier molecular flexibility index (Phi) is 3.34. The van der Waals surface area contributed by atoms with Crippen molar-refractivity contribution in [3.05, 3.63) is 29.8 Å². The number of amides is 1. The summed E-state index contributed by atoms with van der Waals surface area (Å²) in [5, 5.41) is 0. The molecule has 3 aliphatic heterocycles. The summed E-state index contributed by atoms with van der Waals surface area (Å²) in [4.78, 5) is 16.5. The maximum Gasteiger partial charge on any atom is 0.410 e. The number of benzene rings is 1. The van der Waals surface area contributed by atoms with E-state index in [1.54, 1.807) is 0 Å². The van der Waals surface area contributed by atoms with Crippen LogP contribution < -0.4 is 4.90 Å². The van der Waals surface area contributed by atoms with E-state index < -0.39 is 5.60 Å². The zero-order chi connectivity index (χ0) is 15.2. The minimum atomic E-state index is -0.419. The van der Waals surface area contributed by atoms with Crippen molar-refractivity contribution in [2.45, 2.75) is 51.8 Å². The van der Waals surface area contributed by atoms with Crippen LogP contribution in [-0.4, -0.2) is 41.8 Å². The second kappa shape index (κ2) is 4.93. The van der Waals surface area contributed by atoms with E-state index in [0.717, 1.165) is 19.5 Å². The van der Waals surface area contributed by atoms with Gasteiger partial charge in [0, 0.05) is 18.8 Å². The van der Waals surface area contributed by atoms with E-state index in [1.807, 2.05) is 25.7 Å². The molecule has 0 aliphatic carbocycles. The summed E-state index contributed by atoms with van der Waals surface area (Å²) in [6, 6.07) is 9.15. The molecule has 1 aromatic carbocycles. The standard InChI is InChI=1S/C17H24N2O2/c1-12-6-5-7-13(8-12)18-10-14-9-15(11-18)19(14)16(20)21-17(2,3)4/h5-8,14-15H,9-11H2,1-4H3. The van der Waals surface area contributed by atoms with Gasteiger partial charge in [-0.3, -0.25) is 4.90 Å².